The molecule has 0 atom stereocenters. The predicted molar refractivity (Wildman–Crippen MR) is 84.6 cm³/mol. The number of carbonyl (C=O) groups is 1. The topological polar surface area (TPSA) is 39.1 Å². The Bertz CT molecular complexity index is 889. The fraction of sp³-hybridized carbons (Fsp3) is 0.111. The number of ketones is 1. The number of nitrogens with zero attached hydrogens (tertiary/aromatic N) is 1. The van der Waals surface area contributed by atoms with E-state index in [-0.39, 0.29) is 11.3 Å². The maximum absolute atomic E-state index is 12.5. The van der Waals surface area contributed by atoms with Gasteiger partial charge >= 0.3 is 0 Å². The number of fused-ring (bicyclic) bond motifs is 1. The molecule has 0 unspecified atom stereocenters. The van der Waals surface area contributed by atoms with E-state index in [1.807, 2.05) is 42.5 Å². The van der Waals surface area contributed by atoms with Gasteiger partial charge in [0.05, 0.1) is 5.52 Å². The third kappa shape index (κ3) is 2.27. The number of hydrogen-bond donors (Lipinski definition) is 0. The van der Waals surface area contributed by atoms with Crippen LogP contribution >= 0.6 is 0 Å². The average molecular weight is 277 g/mol. The van der Waals surface area contributed by atoms with Gasteiger partial charge in [-0.15, -0.1) is 0 Å². The lowest BCUT2D eigenvalue weighted by Gasteiger charge is -2.09. The summed E-state index contributed by atoms with van der Waals surface area (Å²) in [6.45, 7) is 1.53. The molecule has 0 spiro atoms. The quantitative estimate of drug-likeness (QED) is 0.673. The molecule has 3 heteroatoms. The van der Waals surface area contributed by atoms with Crippen LogP contribution < -0.4 is 5.56 Å². The highest BCUT2D eigenvalue weighted by Crippen LogP contribution is 2.21. The molecule has 0 fully saturated rings. The number of rotatable bonds is 2. The van der Waals surface area contributed by atoms with Crippen LogP contribution in [0.5, 0.6) is 0 Å². The van der Waals surface area contributed by atoms with Gasteiger partial charge in [0.15, 0.2) is 5.78 Å². The van der Waals surface area contributed by atoms with Gasteiger partial charge < -0.3 is 4.57 Å². The van der Waals surface area contributed by atoms with Gasteiger partial charge in [-0.3, -0.25) is 9.59 Å². The lowest BCUT2D eigenvalue weighted by molar-refractivity contribution is 0.101. The van der Waals surface area contributed by atoms with Gasteiger partial charge in [-0.2, -0.15) is 0 Å². The van der Waals surface area contributed by atoms with E-state index < -0.39 is 0 Å². The number of carbonyl (C=O) groups excluding carboxylic acids is 1. The largest absolute Gasteiger partial charge is 0.311 e. The lowest BCUT2D eigenvalue weighted by Crippen LogP contribution is -2.18. The van der Waals surface area contributed by atoms with Gasteiger partial charge in [0.25, 0.3) is 5.56 Å². The lowest BCUT2D eigenvalue weighted by atomic mass is 10.0. The third-order valence-corrected chi connectivity index (χ3v) is 3.74. The van der Waals surface area contributed by atoms with E-state index in [2.05, 4.69) is 0 Å². The van der Waals surface area contributed by atoms with Crippen molar-refractivity contribution in [3.8, 4) is 11.1 Å². The molecule has 1 heterocycles. The van der Waals surface area contributed by atoms with Crippen LogP contribution in [-0.2, 0) is 7.05 Å². The first-order valence-electron chi connectivity index (χ1n) is 6.78. The van der Waals surface area contributed by atoms with E-state index in [4.69, 9.17) is 0 Å². The third-order valence-electron chi connectivity index (χ3n) is 3.74. The molecule has 3 rings (SSSR count). The summed E-state index contributed by atoms with van der Waals surface area (Å²) in [5, 5.41) is 1.02. The van der Waals surface area contributed by atoms with E-state index in [9.17, 15) is 9.59 Å². The normalized spacial score (nSPS) is 10.8. The number of para-hydroxylation sites is 1. The van der Waals surface area contributed by atoms with Gasteiger partial charge in [-0.1, -0.05) is 42.5 Å². The van der Waals surface area contributed by atoms with Crippen molar-refractivity contribution in [2.24, 2.45) is 7.05 Å². The molecule has 0 aliphatic carbocycles. The second kappa shape index (κ2) is 5.02. The van der Waals surface area contributed by atoms with Gasteiger partial charge in [-0.25, -0.2) is 0 Å². The predicted octanol–water partition coefficient (Wildman–Crippen LogP) is 3.41. The van der Waals surface area contributed by atoms with Crippen molar-refractivity contribution < 1.29 is 4.79 Å². The standard InChI is InChI=1S/C18H15NO2/c1-12(20)13-7-9-14(10-8-13)16-11-15-5-3-4-6-17(15)19(2)18(16)21/h3-11H,1-2H3. The molecule has 0 saturated carbocycles. The maximum Gasteiger partial charge on any atom is 0.258 e. The van der Waals surface area contributed by atoms with Crippen molar-refractivity contribution in [3.05, 3.63) is 70.5 Å². The molecule has 0 saturated heterocycles. The van der Waals surface area contributed by atoms with E-state index in [0.717, 1.165) is 16.5 Å². The minimum atomic E-state index is -0.0377. The van der Waals surface area contributed by atoms with Crippen LogP contribution in [0, 0.1) is 0 Å². The van der Waals surface area contributed by atoms with Crippen molar-refractivity contribution in [2.45, 2.75) is 6.92 Å². The highest BCUT2D eigenvalue weighted by Gasteiger charge is 2.09. The van der Waals surface area contributed by atoms with Crippen LogP contribution in [0.1, 0.15) is 17.3 Å². The SMILES string of the molecule is CC(=O)c1ccc(-c2cc3ccccc3n(C)c2=O)cc1. The first-order chi connectivity index (χ1) is 10.1. The number of aromatic nitrogens is 1. The summed E-state index contributed by atoms with van der Waals surface area (Å²) < 4.78 is 1.66. The van der Waals surface area contributed by atoms with Crippen molar-refractivity contribution >= 4 is 16.7 Å². The van der Waals surface area contributed by atoms with E-state index >= 15 is 0 Å². The fourth-order valence-electron chi connectivity index (χ4n) is 2.51. The first-order valence-corrected chi connectivity index (χ1v) is 6.78. The summed E-state index contributed by atoms with van der Waals surface area (Å²) >= 11 is 0. The summed E-state index contributed by atoms with van der Waals surface area (Å²) in [4.78, 5) is 23.8. The smallest absolute Gasteiger partial charge is 0.258 e. The van der Waals surface area contributed by atoms with Crippen molar-refractivity contribution in [3.63, 3.8) is 0 Å². The number of benzene rings is 2. The Balaban J connectivity index is 2.22. The van der Waals surface area contributed by atoms with Crippen molar-refractivity contribution in [1.29, 1.82) is 0 Å². The molecule has 21 heavy (non-hydrogen) atoms. The summed E-state index contributed by atoms with van der Waals surface area (Å²) in [7, 11) is 1.78. The molecule has 3 aromatic rings. The number of pyridine rings is 1. The van der Waals surface area contributed by atoms with E-state index in [1.54, 1.807) is 23.7 Å². The average Bonchev–Trinajstić information content (AvgIpc) is 2.51. The van der Waals surface area contributed by atoms with Crippen molar-refractivity contribution in [1.82, 2.24) is 4.57 Å². The summed E-state index contributed by atoms with van der Waals surface area (Å²) in [6.07, 6.45) is 0. The Morgan fingerprint density at radius 2 is 1.67 bits per heavy atom. The molecule has 104 valence electrons. The Hall–Kier alpha value is -2.68. The summed E-state index contributed by atoms with van der Waals surface area (Å²) in [6, 6.07) is 16.9. The number of aryl methyl sites for hydroxylation is 1. The molecule has 0 aliphatic heterocycles. The van der Waals surface area contributed by atoms with Crippen LogP contribution in [0.3, 0.4) is 0 Å². The van der Waals surface area contributed by atoms with Crippen molar-refractivity contribution in [2.75, 3.05) is 0 Å². The van der Waals surface area contributed by atoms with Crippen LogP contribution in [0.15, 0.2) is 59.4 Å². The van der Waals surface area contributed by atoms with Gasteiger partial charge in [0, 0.05) is 18.2 Å². The highest BCUT2D eigenvalue weighted by atomic mass is 16.1. The van der Waals surface area contributed by atoms with Crippen LogP contribution in [0.4, 0.5) is 0 Å². The Morgan fingerprint density at radius 3 is 2.33 bits per heavy atom. The second-order valence-corrected chi connectivity index (χ2v) is 5.11. The van der Waals surface area contributed by atoms with Gasteiger partial charge in [0.1, 0.15) is 0 Å². The zero-order chi connectivity index (χ0) is 15.0. The molecular weight excluding hydrogens is 262 g/mol. The Labute approximate surface area is 122 Å². The van der Waals surface area contributed by atoms with E-state index in [1.165, 1.54) is 6.92 Å². The molecule has 0 N–H and O–H groups in total. The van der Waals surface area contributed by atoms with Gasteiger partial charge in [0.2, 0.25) is 0 Å². The minimum absolute atomic E-state index is 0.0213. The summed E-state index contributed by atoms with van der Waals surface area (Å²) in [5.74, 6) is 0.0213. The monoisotopic (exact) mass is 277 g/mol. The molecule has 2 aromatic carbocycles. The Morgan fingerprint density at radius 1 is 1.00 bits per heavy atom. The zero-order valence-corrected chi connectivity index (χ0v) is 12.0. The minimum Gasteiger partial charge on any atom is -0.311 e. The molecular formula is C18H15NO2. The van der Waals surface area contributed by atoms with E-state index in [0.29, 0.717) is 11.1 Å². The molecule has 3 nitrogen and oxygen atoms in total. The Kier molecular flexibility index (Phi) is 3.18. The van der Waals surface area contributed by atoms with Crippen LogP contribution in [0.25, 0.3) is 22.0 Å². The number of Topliss-reactive ketones (excluding diaryl/α,β-unsaturated/α-hetero) is 1. The second-order valence-electron chi connectivity index (χ2n) is 5.11. The molecule has 0 aliphatic rings. The van der Waals surface area contributed by atoms with Crippen LogP contribution in [0.2, 0.25) is 0 Å². The van der Waals surface area contributed by atoms with Crippen LogP contribution in [-0.4, -0.2) is 10.4 Å². The zero-order valence-electron chi connectivity index (χ0n) is 12.0. The summed E-state index contributed by atoms with van der Waals surface area (Å²) in [5.41, 5.74) is 2.99. The highest BCUT2D eigenvalue weighted by molar-refractivity contribution is 5.94. The molecule has 0 amide bonds. The number of hydrogen-bond acceptors (Lipinski definition) is 2. The molecule has 0 bridgehead atoms. The fourth-order valence-corrected chi connectivity index (χ4v) is 2.51. The first kappa shape index (κ1) is 13.3. The molecule has 0 radical (unpaired) electrons. The maximum atomic E-state index is 12.5. The van der Waals surface area contributed by atoms with Gasteiger partial charge in [-0.05, 0) is 30.0 Å². The molecule has 1 aromatic heterocycles.